The average molecular weight is 425 g/mol. The smallest absolute Gasteiger partial charge is 0.254 e. The van der Waals surface area contributed by atoms with Crippen LogP contribution in [0.2, 0.25) is 0 Å². The Kier molecular flexibility index (Phi) is 5.69. The zero-order valence-corrected chi connectivity index (χ0v) is 18.0. The van der Waals surface area contributed by atoms with Crippen LogP contribution in [0.1, 0.15) is 38.5 Å². The summed E-state index contributed by atoms with van der Waals surface area (Å²) in [5.41, 5.74) is 2.12. The summed E-state index contributed by atoms with van der Waals surface area (Å²) in [5, 5.41) is 9.30. The van der Waals surface area contributed by atoms with E-state index >= 15 is 0 Å². The van der Waals surface area contributed by atoms with Crippen molar-refractivity contribution in [2.45, 2.75) is 18.9 Å². The van der Waals surface area contributed by atoms with Crippen molar-refractivity contribution in [1.29, 1.82) is 0 Å². The first-order valence-electron chi connectivity index (χ1n) is 9.75. The molecule has 3 heterocycles. The standard InChI is InChI=1S/C22H24N4O3S/c1-14-13-18(25(2)24-14)23-21(27)19-15-7-4-5-8-16(15)22(28)26(10-11-29-3)20(19)17-9-6-12-30-17/h4-9,12-13,19-20H,10-11H2,1-3H3,(H,23,27). The highest BCUT2D eigenvalue weighted by Gasteiger charge is 2.44. The molecule has 2 atom stereocenters. The number of methoxy groups -OCH3 is 1. The van der Waals surface area contributed by atoms with Crippen LogP contribution in [-0.2, 0) is 16.6 Å². The Morgan fingerprint density at radius 2 is 2.07 bits per heavy atom. The molecule has 1 aromatic carbocycles. The van der Waals surface area contributed by atoms with E-state index < -0.39 is 12.0 Å². The number of aromatic nitrogens is 2. The van der Waals surface area contributed by atoms with Crippen LogP contribution in [0.15, 0.2) is 47.8 Å². The molecule has 0 spiro atoms. The molecule has 0 bridgehead atoms. The molecule has 0 fully saturated rings. The predicted octanol–water partition coefficient (Wildman–Crippen LogP) is 3.36. The third kappa shape index (κ3) is 3.64. The van der Waals surface area contributed by atoms with Gasteiger partial charge in [0.1, 0.15) is 5.82 Å². The van der Waals surface area contributed by atoms with Gasteiger partial charge in [-0.05, 0) is 30.0 Å². The number of ether oxygens (including phenoxy) is 1. The van der Waals surface area contributed by atoms with Crippen LogP contribution >= 0.6 is 11.3 Å². The van der Waals surface area contributed by atoms with E-state index in [2.05, 4.69) is 10.4 Å². The SMILES string of the molecule is COCCN1C(=O)c2ccccc2C(C(=O)Nc2cc(C)nn2C)C1c1cccs1. The number of benzene rings is 1. The largest absolute Gasteiger partial charge is 0.383 e. The van der Waals surface area contributed by atoms with Crippen molar-refractivity contribution in [3.05, 3.63) is 69.5 Å². The summed E-state index contributed by atoms with van der Waals surface area (Å²) in [6.07, 6.45) is 0. The van der Waals surface area contributed by atoms with Gasteiger partial charge >= 0.3 is 0 Å². The lowest BCUT2D eigenvalue weighted by atomic mass is 9.81. The Hall–Kier alpha value is -2.97. The number of amides is 2. The van der Waals surface area contributed by atoms with Gasteiger partial charge in [-0.1, -0.05) is 24.3 Å². The fraction of sp³-hybridized carbons (Fsp3) is 0.318. The topological polar surface area (TPSA) is 76.5 Å². The molecule has 2 aromatic heterocycles. The molecule has 2 amide bonds. The lowest BCUT2D eigenvalue weighted by Gasteiger charge is -2.41. The van der Waals surface area contributed by atoms with Gasteiger partial charge in [-0.3, -0.25) is 14.3 Å². The highest BCUT2D eigenvalue weighted by molar-refractivity contribution is 7.10. The monoisotopic (exact) mass is 424 g/mol. The summed E-state index contributed by atoms with van der Waals surface area (Å²) >= 11 is 1.55. The van der Waals surface area contributed by atoms with Crippen LogP contribution in [0.3, 0.4) is 0 Å². The molecule has 0 aliphatic carbocycles. The Balaban J connectivity index is 1.81. The molecule has 2 unspecified atom stereocenters. The number of nitrogens with one attached hydrogen (secondary N) is 1. The maximum atomic E-state index is 13.6. The van der Waals surface area contributed by atoms with Crippen molar-refractivity contribution >= 4 is 29.0 Å². The van der Waals surface area contributed by atoms with Gasteiger partial charge < -0.3 is 15.0 Å². The maximum Gasteiger partial charge on any atom is 0.254 e. The first-order chi connectivity index (χ1) is 14.5. The van der Waals surface area contributed by atoms with Crippen molar-refractivity contribution < 1.29 is 14.3 Å². The van der Waals surface area contributed by atoms with Gasteiger partial charge in [0.05, 0.1) is 24.3 Å². The van der Waals surface area contributed by atoms with Gasteiger partial charge in [-0.2, -0.15) is 5.10 Å². The molecular formula is C22H24N4O3S. The van der Waals surface area contributed by atoms with Gasteiger partial charge in [-0.25, -0.2) is 0 Å². The van der Waals surface area contributed by atoms with Crippen molar-refractivity contribution in [1.82, 2.24) is 14.7 Å². The number of hydrogen-bond donors (Lipinski definition) is 1. The summed E-state index contributed by atoms with van der Waals surface area (Å²) in [7, 11) is 3.40. The molecule has 0 radical (unpaired) electrons. The molecule has 1 aliphatic rings. The van der Waals surface area contributed by atoms with Crippen molar-refractivity contribution in [3.8, 4) is 0 Å². The third-order valence-corrected chi connectivity index (χ3v) is 6.29. The van der Waals surface area contributed by atoms with Gasteiger partial charge in [0.2, 0.25) is 5.91 Å². The first-order valence-corrected chi connectivity index (χ1v) is 10.6. The lowest BCUT2D eigenvalue weighted by molar-refractivity contribution is -0.119. The van der Waals surface area contributed by atoms with Gasteiger partial charge in [0.15, 0.2) is 0 Å². The summed E-state index contributed by atoms with van der Waals surface area (Å²) in [5.74, 6) is -0.176. The van der Waals surface area contributed by atoms with Crippen LogP contribution in [0.5, 0.6) is 0 Å². The molecule has 1 N–H and O–H groups in total. The van der Waals surface area contributed by atoms with Gasteiger partial charge in [-0.15, -0.1) is 11.3 Å². The number of aryl methyl sites for hydroxylation is 2. The van der Waals surface area contributed by atoms with Crippen molar-refractivity contribution in [3.63, 3.8) is 0 Å². The number of fused-ring (bicyclic) bond motifs is 1. The van der Waals surface area contributed by atoms with E-state index in [0.29, 0.717) is 24.5 Å². The molecular weight excluding hydrogens is 400 g/mol. The van der Waals surface area contributed by atoms with E-state index in [1.54, 1.807) is 41.1 Å². The van der Waals surface area contributed by atoms with E-state index in [0.717, 1.165) is 16.1 Å². The van der Waals surface area contributed by atoms with E-state index in [4.69, 9.17) is 4.74 Å². The fourth-order valence-corrected chi connectivity index (χ4v) is 4.89. The molecule has 4 rings (SSSR count). The zero-order chi connectivity index (χ0) is 21.3. The number of nitrogens with zero attached hydrogens (tertiary/aromatic N) is 3. The van der Waals surface area contributed by atoms with E-state index in [-0.39, 0.29) is 11.8 Å². The zero-order valence-electron chi connectivity index (χ0n) is 17.2. The number of rotatable bonds is 6. The highest BCUT2D eigenvalue weighted by Crippen LogP contribution is 2.44. The van der Waals surface area contributed by atoms with Crippen molar-refractivity contribution in [2.75, 3.05) is 25.6 Å². The Morgan fingerprint density at radius 3 is 2.73 bits per heavy atom. The molecule has 3 aromatic rings. The minimum atomic E-state index is -0.551. The van der Waals surface area contributed by atoms with Crippen LogP contribution in [0, 0.1) is 6.92 Å². The molecule has 0 saturated heterocycles. The molecule has 1 aliphatic heterocycles. The molecule has 30 heavy (non-hydrogen) atoms. The normalized spacial score (nSPS) is 18.4. The van der Waals surface area contributed by atoms with Crippen LogP contribution in [0.4, 0.5) is 5.82 Å². The summed E-state index contributed by atoms with van der Waals surface area (Å²) in [6.45, 7) is 2.68. The minimum Gasteiger partial charge on any atom is -0.383 e. The second-order valence-corrected chi connectivity index (χ2v) is 8.28. The summed E-state index contributed by atoms with van der Waals surface area (Å²) < 4.78 is 6.90. The maximum absolute atomic E-state index is 13.6. The number of hydrogen-bond acceptors (Lipinski definition) is 5. The second-order valence-electron chi connectivity index (χ2n) is 7.30. The Bertz CT molecular complexity index is 1060. The van der Waals surface area contributed by atoms with Crippen LogP contribution in [-0.4, -0.2) is 46.8 Å². The minimum absolute atomic E-state index is 0.0820. The van der Waals surface area contributed by atoms with Gasteiger partial charge in [0, 0.05) is 37.2 Å². The van der Waals surface area contributed by atoms with E-state index in [1.165, 1.54) is 0 Å². The third-order valence-electron chi connectivity index (χ3n) is 5.35. The first kappa shape index (κ1) is 20.3. The van der Waals surface area contributed by atoms with Gasteiger partial charge in [0.25, 0.3) is 5.91 Å². The van der Waals surface area contributed by atoms with Crippen LogP contribution < -0.4 is 5.32 Å². The highest BCUT2D eigenvalue weighted by atomic mass is 32.1. The molecule has 7 nitrogen and oxygen atoms in total. The number of thiophene rings is 1. The van der Waals surface area contributed by atoms with Crippen LogP contribution in [0.25, 0.3) is 0 Å². The Labute approximate surface area is 179 Å². The summed E-state index contributed by atoms with van der Waals surface area (Å²) in [6, 6.07) is 12.7. The second kappa shape index (κ2) is 8.41. The quantitative estimate of drug-likeness (QED) is 0.658. The average Bonchev–Trinajstić information content (AvgIpc) is 3.36. The van der Waals surface area contributed by atoms with E-state index in [1.807, 2.05) is 48.7 Å². The molecule has 8 heteroatoms. The number of carbonyl (C=O) groups excluding carboxylic acids is 2. The number of anilines is 1. The fourth-order valence-electron chi connectivity index (χ4n) is 4.02. The lowest BCUT2D eigenvalue weighted by Crippen LogP contribution is -2.47. The molecule has 0 saturated carbocycles. The Morgan fingerprint density at radius 1 is 1.27 bits per heavy atom. The summed E-state index contributed by atoms with van der Waals surface area (Å²) in [4.78, 5) is 29.7. The molecule has 156 valence electrons. The predicted molar refractivity (Wildman–Crippen MR) is 116 cm³/mol. The number of carbonyl (C=O) groups is 2. The van der Waals surface area contributed by atoms with Crippen molar-refractivity contribution in [2.24, 2.45) is 7.05 Å². The van der Waals surface area contributed by atoms with E-state index in [9.17, 15) is 9.59 Å².